The molecular weight excluding hydrogens is 292 g/mol. The van der Waals surface area contributed by atoms with Crippen LogP contribution in [0.2, 0.25) is 0 Å². The first-order valence-electron chi connectivity index (χ1n) is 7.94. The molecule has 0 unspecified atom stereocenters. The van der Waals surface area contributed by atoms with Gasteiger partial charge in [-0.2, -0.15) is 0 Å². The lowest BCUT2D eigenvalue weighted by Crippen LogP contribution is -2.47. The molecule has 0 fully saturated rings. The van der Waals surface area contributed by atoms with E-state index in [1.165, 1.54) is 0 Å². The van der Waals surface area contributed by atoms with E-state index in [4.69, 9.17) is 0 Å². The van der Waals surface area contributed by atoms with Crippen LogP contribution >= 0.6 is 0 Å². The van der Waals surface area contributed by atoms with Gasteiger partial charge in [0.05, 0.1) is 0 Å². The highest BCUT2D eigenvalue weighted by molar-refractivity contribution is 5.88. The minimum atomic E-state index is -1.02. The van der Waals surface area contributed by atoms with Crippen LogP contribution in [0.5, 0.6) is 0 Å². The summed E-state index contributed by atoms with van der Waals surface area (Å²) in [5.74, 6) is -1.23. The Morgan fingerprint density at radius 3 is 2.65 bits per heavy atom. The van der Waals surface area contributed by atoms with E-state index in [2.05, 4.69) is 10.3 Å². The van der Waals surface area contributed by atoms with Gasteiger partial charge >= 0.3 is 5.97 Å². The van der Waals surface area contributed by atoms with Crippen LogP contribution in [0.3, 0.4) is 0 Å². The number of fused-ring (bicyclic) bond motifs is 1. The Morgan fingerprint density at radius 2 is 2.00 bits per heavy atom. The second-order valence-corrected chi connectivity index (χ2v) is 6.56. The molecule has 0 saturated heterocycles. The summed E-state index contributed by atoms with van der Waals surface area (Å²) in [6, 6.07) is 6.79. The molecule has 0 bridgehead atoms. The highest BCUT2D eigenvalue weighted by atomic mass is 16.4. The summed E-state index contributed by atoms with van der Waals surface area (Å²) < 4.78 is 0. The molecule has 0 spiro atoms. The number of carboxylic acids is 1. The summed E-state index contributed by atoms with van der Waals surface area (Å²) in [6.45, 7) is 5.70. The van der Waals surface area contributed by atoms with Crippen molar-refractivity contribution in [2.45, 2.75) is 46.1 Å². The first kappa shape index (κ1) is 17.1. The van der Waals surface area contributed by atoms with Crippen LogP contribution in [0.4, 0.5) is 0 Å². The fourth-order valence-electron chi connectivity index (χ4n) is 2.81. The molecule has 0 saturated carbocycles. The standard InChI is InChI=1S/C18H24N2O3/c1-4-9-18(2,3)17(23)20-15(16(21)22)10-12-11-19-14-8-6-5-7-13(12)14/h5-8,11,15,19H,4,9-10H2,1-3H3,(H,20,23)(H,21,22)/t15-/m0/s1. The van der Waals surface area contributed by atoms with E-state index in [1.807, 2.05) is 51.2 Å². The normalized spacial score (nSPS) is 13.0. The van der Waals surface area contributed by atoms with E-state index in [0.29, 0.717) is 0 Å². The molecule has 5 heteroatoms. The number of amides is 1. The number of carbonyl (C=O) groups excluding carboxylic acids is 1. The molecule has 1 amide bonds. The summed E-state index contributed by atoms with van der Waals surface area (Å²) in [5.41, 5.74) is 1.29. The Bertz CT molecular complexity index is 703. The molecule has 0 aliphatic carbocycles. The molecule has 23 heavy (non-hydrogen) atoms. The van der Waals surface area contributed by atoms with Gasteiger partial charge in [0.1, 0.15) is 6.04 Å². The van der Waals surface area contributed by atoms with Gasteiger partial charge in [0.25, 0.3) is 0 Å². The molecule has 2 rings (SSSR count). The van der Waals surface area contributed by atoms with Crippen molar-refractivity contribution in [1.82, 2.24) is 10.3 Å². The van der Waals surface area contributed by atoms with Crippen molar-refractivity contribution in [3.63, 3.8) is 0 Å². The van der Waals surface area contributed by atoms with E-state index >= 15 is 0 Å². The predicted octanol–water partition coefficient (Wildman–Crippen LogP) is 3.11. The Hall–Kier alpha value is -2.30. The lowest BCUT2D eigenvalue weighted by molar-refractivity contribution is -0.143. The first-order chi connectivity index (χ1) is 10.8. The second kappa shape index (κ2) is 6.86. The number of aromatic nitrogens is 1. The number of carboxylic acid groups (broad SMARTS) is 1. The largest absolute Gasteiger partial charge is 0.480 e. The van der Waals surface area contributed by atoms with Crippen LogP contribution in [-0.4, -0.2) is 28.0 Å². The van der Waals surface area contributed by atoms with Gasteiger partial charge in [-0.3, -0.25) is 4.79 Å². The Labute approximate surface area is 136 Å². The third-order valence-corrected chi connectivity index (χ3v) is 4.19. The van der Waals surface area contributed by atoms with Gasteiger partial charge in [-0.1, -0.05) is 45.4 Å². The zero-order valence-corrected chi connectivity index (χ0v) is 13.8. The van der Waals surface area contributed by atoms with E-state index < -0.39 is 17.4 Å². The van der Waals surface area contributed by atoms with Gasteiger partial charge < -0.3 is 15.4 Å². The molecule has 2 aromatic rings. The maximum absolute atomic E-state index is 12.4. The number of rotatable bonds is 7. The summed E-state index contributed by atoms with van der Waals surface area (Å²) in [4.78, 5) is 27.1. The molecule has 0 aliphatic rings. The third-order valence-electron chi connectivity index (χ3n) is 4.19. The molecule has 3 N–H and O–H groups in total. The Morgan fingerprint density at radius 1 is 1.30 bits per heavy atom. The van der Waals surface area contributed by atoms with E-state index in [-0.39, 0.29) is 12.3 Å². The van der Waals surface area contributed by atoms with Gasteiger partial charge in [-0.05, 0) is 18.1 Å². The Balaban J connectivity index is 2.16. The average molecular weight is 316 g/mol. The van der Waals surface area contributed by atoms with Crippen LogP contribution in [0.1, 0.15) is 39.2 Å². The van der Waals surface area contributed by atoms with E-state index in [1.54, 1.807) is 0 Å². The monoisotopic (exact) mass is 316 g/mol. The van der Waals surface area contributed by atoms with Crippen molar-refractivity contribution in [1.29, 1.82) is 0 Å². The number of benzene rings is 1. The third kappa shape index (κ3) is 3.92. The van der Waals surface area contributed by atoms with Crippen LogP contribution in [0, 0.1) is 5.41 Å². The lowest BCUT2D eigenvalue weighted by Gasteiger charge is -2.25. The minimum Gasteiger partial charge on any atom is -0.480 e. The molecule has 5 nitrogen and oxygen atoms in total. The molecule has 0 aliphatic heterocycles. The number of para-hydroxylation sites is 1. The van der Waals surface area contributed by atoms with E-state index in [9.17, 15) is 14.7 Å². The predicted molar refractivity (Wildman–Crippen MR) is 90.3 cm³/mol. The molecule has 124 valence electrons. The van der Waals surface area contributed by atoms with Crippen molar-refractivity contribution in [3.8, 4) is 0 Å². The SMILES string of the molecule is CCCC(C)(C)C(=O)N[C@@H](Cc1c[nH]c2ccccc12)C(=O)O. The van der Waals surface area contributed by atoms with Gasteiger partial charge in [0, 0.05) is 28.9 Å². The van der Waals surface area contributed by atoms with Crippen molar-refractivity contribution < 1.29 is 14.7 Å². The lowest BCUT2D eigenvalue weighted by atomic mass is 9.86. The van der Waals surface area contributed by atoms with Crippen molar-refractivity contribution in [2.75, 3.05) is 0 Å². The summed E-state index contributed by atoms with van der Waals surface area (Å²) in [7, 11) is 0. The number of hydrogen-bond donors (Lipinski definition) is 3. The van der Waals surface area contributed by atoms with Gasteiger partial charge in [-0.15, -0.1) is 0 Å². The summed E-state index contributed by atoms with van der Waals surface area (Å²) in [6.07, 6.45) is 3.66. The maximum Gasteiger partial charge on any atom is 0.326 e. The number of hydrogen-bond acceptors (Lipinski definition) is 2. The number of aliphatic carboxylic acids is 1. The topological polar surface area (TPSA) is 82.2 Å². The molecule has 1 heterocycles. The minimum absolute atomic E-state index is 0.216. The van der Waals surface area contributed by atoms with Gasteiger partial charge in [-0.25, -0.2) is 4.79 Å². The number of carbonyl (C=O) groups is 2. The zero-order valence-electron chi connectivity index (χ0n) is 13.8. The first-order valence-corrected chi connectivity index (χ1v) is 7.94. The molecular formula is C18H24N2O3. The van der Waals surface area contributed by atoms with Crippen molar-refractivity contribution >= 4 is 22.8 Å². The second-order valence-electron chi connectivity index (χ2n) is 6.56. The molecule has 1 aromatic carbocycles. The van der Waals surface area contributed by atoms with Crippen LogP contribution in [0.15, 0.2) is 30.5 Å². The quantitative estimate of drug-likeness (QED) is 0.734. The maximum atomic E-state index is 12.4. The zero-order chi connectivity index (χ0) is 17.0. The molecule has 1 atom stereocenters. The Kier molecular flexibility index (Phi) is 5.08. The summed E-state index contributed by atoms with van der Waals surface area (Å²) >= 11 is 0. The van der Waals surface area contributed by atoms with Crippen LogP contribution < -0.4 is 5.32 Å². The molecule has 0 radical (unpaired) electrons. The van der Waals surface area contributed by atoms with Crippen LogP contribution in [-0.2, 0) is 16.0 Å². The van der Waals surface area contributed by atoms with Crippen molar-refractivity contribution in [2.24, 2.45) is 5.41 Å². The molecule has 1 aromatic heterocycles. The fraction of sp³-hybridized carbons (Fsp3) is 0.444. The highest BCUT2D eigenvalue weighted by Crippen LogP contribution is 2.23. The average Bonchev–Trinajstić information content (AvgIpc) is 2.89. The van der Waals surface area contributed by atoms with Crippen molar-refractivity contribution in [3.05, 3.63) is 36.0 Å². The highest BCUT2D eigenvalue weighted by Gasteiger charge is 2.30. The summed E-state index contributed by atoms with van der Waals surface area (Å²) in [5, 5.41) is 13.1. The number of H-pyrrole nitrogens is 1. The fourth-order valence-corrected chi connectivity index (χ4v) is 2.81. The van der Waals surface area contributed by atoms with Gasteiger partial charge in [0.2, 0.25) is 5.91 Å². The number of nitrogens with one attached hydrogen (secondary N) is 2. The van der Waals surface area contributed by atoms with Gasteiger partial charge in [0.15, 0.2) is 0 Å². The van der Waals surface area contributed by atoms with E-state index in [0.717, 1.165) is 29.3 Å². The number of aromatic amines is 1. The van der Waals surface area contributed by atoms with Crippen LogP contribution in [0.25, 0.3) is 10.9 Å². The smallest absolute Gasteiger partial charge is 0.326 e.